The number of rotatable bonds is 3. The van der Waals surface area contributed by atoms with Crippen LogP contribution in [-0.2, 0) is 0 Å². The molecule has 1 unspecified atom stereocenters. The topological polar surface area (TPSA) is 46.2 Å². The van der Waals surface area contributed by atoms with Crippen LogP contribution in [0.3, 0.4) is 0 Å². The summed E-state index contributed by atoms with van der Waals surface area (Å²) in [4.78, 5) is 0. The van der Waals surface area contributed by atoms with Crippen molar-refractivity contribution in [1.29, 1.82) is 0 Å². The third-order valence-electron chi connectivity index (χ3n) is 3.52. The van der Waals surface area contributed by atoms with Gasteiger partial charge in [0.2, 0.25) is 0 Å². The maximum Gasteiger partial charge on any atom is 0.0636 e. The van der Waals surface area contributed by atoms with Crippen LogP contribution in [0, 0.1) is 11.3 Å². The van der Waals surface area contributed by atoms with Gasteiger partial charge in [0, 0.05) is 12.0 Å². The molecule has 3 N–H and O–H groups in total. The summed E-state index contributed by atoms with van der Waals surface area (Å²) in [5, 5.41) is 9.88. The first-order valence-corrected chi connectivity index (χ1v) is 4.67. The molecule has 2 aliphatic carbocycles. The highest BCUT2D eigenvalue weighted by molar-refractivity contribution is 5.02. The fraction of sp³-hybridized carbons (Fsp3) is 1.00. The van der Waals surface area contributed by atoms with E-state index in [4.69, 9.17) is 5.73 Å². The molecule has 0 aromatic heterocycles. The molecular weight excluding hydrogens is 138 g/mol. The van der Waals surface area contributed by atoms with Gasteiger partial charge in [-0.15, -0.1) is 0 Å². The first kappa shape index (κ1) is 7.56. The van der Waals surface area contributed by atoms with Crippen molar-refractivity contribution in [3.63, 3.8) is 0 Å². The third kappa shape index (κ3) is 1.09. The van der Waals surface area contributed by atoms with Crippen LogP contribution in [0.1, 0.15) is 32.1 Å². The first-order chi connectivity index (χ1) is 5.28. The van der Waals surface area contributed by atoms with Crippen LogP contribution in [0.2, 0.25) is 0 Å². The van der Waals surface area contributed by atoms with Crippen LogP contribution in [-0.4, -0.2) is 17.8 Å². The number of aliphatic hydroxyl groups excluding tert-OH is 1. The minimum atomic E-state index is -0.0822. The molecule has 2 saturated carbocycles. The van der Waals surface area contributed by atoms with Crippen LogP contribution < -0.4 is 5.73 Å². The first-order valence-electron chi connectivity index (χ1n) is 4.67. The van der Waals surface area contributed by atoms with Gasteiger partial charge in [-0.25, -0.2) is 0 Å². The summed E-state index contributed by atoms with van der Waals surface area (Å²) in [6.07, 6.45) is 5.98. The van der Waals surface area contributed by atoms with E-state index in [0.29, 0.717) is 12.5 Å². The Balaban J connectivity index is 1.92. The molecule has 2 heteroatoms. The number of aliphatic hydroxyl groups is 1. The van der Waals surface area contributed by atoms with Gasteiger partial charge in [-0.2, -0.15) is 0 Å². The van der Waals surface area contributed by atoms with Crippen molar-refractivity contribution in [2.24, 2.45) is 17.1 Å². The summed E-state index contributed by atoms with van der Waals surface area (Å²) < 4.78 is 0. The maximum atomic E-state index is 9.88. The lowest BCUT2D eigenvalue weighted by Crippen LogP contribution is -2.38. The van der Waals surface area contributed by atoms with E-state index < -0.39 is 0 Å². The fourth-order valence-corrected chi connectivity index (χ4v) is 2.04. The molecule has 0 aromatic rings. The van der Waals surface area contributed by atoms with Gasteiger partial charge in [-0.05, 0) is 31.6 Å². The highest BCUT2D eigenvalue weighted by atomic mass is 16.3. The molecule has 2 rings (SSSR count). The van der Waals surface area contributed by atoms with E-state index in [1.165, 1.54) is 19.3 Å². The van der Waals surface area contributed by atoms with Gasteiger partial charge in [0.05, 0.1) is 6.10 Å². The van der Waals surface area contributed by atoms with E-state index in [1.54, 1.807) is 0 Å². The van der Waals surface area contributed by atoms with Gasteiger partial charge in [-0.3, -0.25) is 0 Å². The fourth-order valence-electron chi connectivity index (χ4n) is 2.04. The van der Waals surface area contributed by atoms with E-state index in [-0.39, 0.29) is 11.5 Å². The monoisotopic (exact) mass is 155 g/mol. The Hall–Kier alpha value is -0.0800. The van der Waals surface area contributed by atoms with Gasteiger partial charge < -0.3 is 10.8 Å². The number of nitrogens with two attached hydrogens (primary N) is 1. The van der Waals surface area contributed by atoms with E-state index in [2.05, 4.69) is 0 Å². The highest BCUT2D eigenvalue weighted by Gasteiger charge is 2.51. The van der Waals surface area contributed by atoms with Crippen LogP contribution in [0.4, 0.5) is 0 Å². The lowest BCUT2D eigenvalue weighted by atomic mass is 9.75. The van der Waals surface area contributed by atoms with Gasteiger partial charge >= 0.3 is 0 Å². The summed E-state index contributed by atoms with van der Waals surface area (Å²) in [6, 6.07) is 0. The molecule has 2 aliphatic rings. The smallest absolute Gasteiger partial charge is 0.0636 e. The molecule has 2 nitrogen and oxygen atoms in total. The average Bonchev–Trinajstić information content (AvgIpc) is 2.63. The Morgan fingerprint density at radius 2 is 2.09 bits per heavy atom. The van der Waals surface area contributed by atoms with Crippen molar-refractivity contribution >= 4 is 0 Å². The molecule has 0 heterocycles. The van der Waals surface area contributed by atoms with E-state index in [1.807, 2.05) is 0 Å². The van der Waals surface area contributed by atoms with Crippen molar-refractivity contribution in [3.05, 3.63) is 0 Å². The SMILES string of the molecule is NCC1(C(O)C2CCC2)CC1. The van der Waals surface area contributed by atoms with Crippen LogP contribution in [0.15, 0.2) is 0 Å². The van der Waals surface area contributed by atoms with Gasteiger partial charge in [0.1, 0.15) is 0 Å². The lowest BCUT2D eigenvalue weighted by Gasteiger charge is -2.35. The molecule has 11 heavy (non-hydrogen) atoms. The molecule has 0 amide bonds. The molecule has 1 atom stereocenters. The zero-order valence-electron chi connectivity index (χ0n) is 6.92. The van der Waals surface area contributed by atoms with E-state index in [0.717, 1.165) is 12.8 Å². The molecule has 0 saturated heterocycles. The molecule has 2 fully saturated rings. The second-order valence-electron chi connectivity index (χ2n) is 4.20. The standard InChI is InChI=1S/C9H17NO/c10-6-9(4-5-9)8(11)7-2-1-3-7/h7-8,11H,1-6,10H2. The Labute approximate surface area is 67.8 Å². The Morgan fingerprint density at radius 3 is 2.36 bits per heavy atom. The van der Waals surface area contributed by atoms with Gasteiger partial charge in [-0.1, -0.05) is 6.42 Å². The summed E-state index contributed by atoms with van der Waals surface area (Å²) in [5.74, 6) is 0.584. The Morgan fingerprint density at radius 1 is 1.45 bits per heavy atom. The summed E-state index contributed by atoms with van der Waals surface area (Å²) in [6.45, 7) is 0.685. The number of hydrogen-bond donors (Lipinski definition) is 2. The van der Waals surface area contributed by atoms with Crippen molar-refractivity contribution in [3.8, 4) is 0 Å². The minimum absolute atomic E-state index is 0.0822. The maximum absolute atomic E-state index is 9.88. The normalized spacial score (nSPS) is 31.1. The molecule has 0 spiro atoms. The highest BCUT2D eigenvalue weighted by Crippen LogP contribution is 2.52. The van der Waals surface area contributed by atoms with Gasteiger partial charge in [0.15, 0.2) is 0 Å². The second-order valence-corrected chi connectivity index (χ2v) is 4.20. The predicted octanol–water partition coefficient (Wildman–Crippen LogP) is 0.886. The van der Waals surface area contributed by atoms with Crippen LogP contribution in [0.5, 0.6) is 0 Å². The second kappa shape index (κ2) is 2.46. The zero-order valence-corrected chi connectivity index (χ0v) is 6.92. The molecule has 0 radical (unpaired) electrons. The Bertz CT molecular complexity index is 150. The molecular formula is C9H17NO. The van der Waals surface area contributed by atoms with Gasteiger partial charge in [0.25, 0.3) is 0 Å². The third-order valence-corrected chi connectivity index (χ3v) is 3.52. The Kier molecular flexibility index (Phi) is 1.69. The molecule has 0 aromatic carbocycles. The van der Waals surface area contributed by atoms with Crippen molar-refractivity contribution in [2.75, 3.05) is 6.54 Å². The van der Waals surface area contributed by atoms with Crippen LogP contribution >= 0.6 is 0 Å². The minimum Gasteiger partial charge on any atom is -0.392 e. The van der Waals surface area contributed by atoms with Crippen molar-refractivity contribution in [1.82, 2.24) is 0 Å². The summed E-state index contributed by atoms with van der Waals surface area (Å²) >= 11 is 0. The van der Waals surface area contributed by atoms with Crippen molar-refractivity contribution in [2.45, 2.75) is 38.2 Å². The predicted molar refractivity (Wildman–Crippen MR) is 44.1 cm³/mol. The average molecular weight is 155 g/mol. The van der Waals surface area contributed by atoms with E-state index >= 15 is 0 Å². The number of hydrogen-bond acceptors (Lipinski definition) is 2. The molecule has 0 bridgehead atoms. The quantitative estimate of drug-likeness (QED) is 0.635. The molecule has 64 valence electrons. The van der Waals surface area contributed by atoms with E-state index in [9.17, 15) is 5.11 Å². The van der Waals surface area contributed by atoms with Crippen molar-refractivity contribution < 1.29 is 5.11 Å². The molecule has 0 aliphatic heterocycles. The zero-order chi connectivity index (χ0) is 7.90. The van der Waals surface area contributed by atoms with Crippen LogP contribution in [0.25, 0.3) is 0 Å². The largest absolute Gasteiger partial charge is 0.392 e. The lowest BCUT2D eigenvalue weighted by molar-refractivity contribution is 0.00638. The summed E-state index contributed by atoms with van der Waals surface area (Å²) in [5.41, 5.74) is 5.78. The summed E-state index contributed by atoms with van der Waals surface area (Å²) in [7, 11) is 0.